The van der Waals surface area contributed by atoms with Gasteiger partial charge >= 0.3 is 0 Å². The van der Waals surface area contributed by atoms with E-state index in [9.17, 15) is 4.79 Å². The first-order valence-electron chi connectivity index (χ1n) is 6.97. The van der Waals surface area contributed by atoms with Crippen LogP contribution >= 0.6 is 0 Å². The number of likely N-dealkylation sites (N-methyl/N-ethyl adjacent to an activating group) is 1. The number of hydrogen-bond donors (Lipinski definition) is 0. The summed E-state index contributed by atoms with van der Waals surface area (Å²) in [5.74, 6) is 0.251. The molecular formula is C16H23NO. The average molecular weight is 245 g/mol. The summed E-state index contributed by atoms with van der Waals surface area (Å²) in [5, 5.41) is 0. The summed E-state index contributed by atoms with van der Waals surface area (Å²) in [5.41, 5.74) is 1.96. The first-order chi connectivity index (χ1) is 8.68. The molecule has 2 heteroatoms. The zero-order valence-corrected chi connectivity index (χ0v) is 11.5. The molecule has 0 aromatic heterocycles. The molecule has 1 fully saturated rings. The maximum absolute atomic E-state index is 12.3. The SMILES string of the molecule is Cc1ccccc1C(=O)CN(C)C1CCCCC1. The van der Waals surface area contributed by atoms with Crippen molar-refractivity contribution in [1.29, 1.82) is 0 Å². The summed E-state index contributed by atoms with van der Waals surface area (Å²) >= 11 is 0. The van der Waals surface area contributed by atoms with Crippen molar-refractivity contribution in [3.63, 3.8) is 0 Å². The third kappa shape index (κ3) is 3.20. The third-order valence-electron chi connectivity index (χ3n) is 4.04. The fourth-order valence-electron chi connectivity index (χ4n) is 2.85. The number of Topliss-reactive ketones (excluding diaryl/α,β-unsaturated/α-hetero) is 1. The van der Waals surface area contributed by atoms with Crippen LogP contribution in [0.1, 0.15) is 48.0 Å². The molecule has 0 radical (unpaired) electrons. The molecule has 0 N–H and O–H groups in total. The molecule has 0 atom stereocenters. The minimum absolute atomic E-state index is 0.251. The first kappa shape index (κ1) is 13.3. The number of aryl methyl sites for hydroxylation is 1. The third-order valence-corrected chi connectivity index (χ3v) is 4.04. The summed E-state index contributed by atoms with van der Waals surface area (Å²) < 4.78 is 0. The van der Waals surface area contributed by atoms with Crippen LogP contribution in [0.3, 0.4) is 0 Å². The zero-order valence-electron chi connectivity index (χ0n) is 11.5. The second kappa shape index (κ2) is 6.14. The highest BCUT2D eigenvalue weighted by Crippen LogP contribution is 2.22. The molecule has 0 amide bonds. The van der Waals surface area contributed by atoms with Crippen LogP contribution in [0.4, 0.5) is 0 Å². The van der Waals surface area contributed by atoms with Crippen molar-refractivity contribution in [2.24, 2.45) is 0 Å². The summed E-state index contributed by atoms with van der Waals surface area (Å²) in [6.45, 7) is 2.56. The van der Waals surface area contributed by atoms with Crippen LogP contribution in [-0.4, -0.2) is 30.3 Å². The quantitative estimate of drug-likeness (QED) is 0.757. The molecule has 1 aromatic carbocycles. The van der Waals surface area contributed by atoms with Crippen LogP contribution in [0, 0.1) is 6.92 Å². The summed E-state index contributed by atoms with van der Waals surface area (Å²) in [7, 11) is 2.09. The van der Waals surface area contributed by atoms with Crippen molar-refractivity contribution >= 4 is 5.78 Å². The Morgan fingerprint density at radius 1 is 1.22 bits per heavy atom. The van der Waals surface area contributed by atoms with E-state index >= 15 is 0 Å². The number of benzene rings is 1. The molecule has 98 valence electrons. The van der Waals surface area contributed by atoms with Crippen LogP contribution < -0.4 is 0 Å². The Morgan fingerprint density at radius 3 is 2.56 bits per heavy atom. The monoisotopic (exact) mass is 245 g/mol. The summed E-state index contributed by atoms with van der Waals surface area (Å²) in [6.07, 6.45) is 6.48. The lowest BCUT2D eigenvalue weighted by molar-refractivity contribution is 0.0899. The van der Waals surface area contributed by atoms with Crippen LogP contribution in [-0.2, 0) is 0 Å². The fraction of sp³-hybridized carbons (Fsp3) is 0.562. The number of carbonyl (C=O) groups excluding carboxylic acids is 1. The number of ketones is 1. The maximum Gasteiger partial charge on any atom is 0.177 e. The van der Waals surface area contributed by atoms with Crippen molar-refractivity contribution in [2.45, 2.75) is 45.1 Å². The molecule has 0 spiro atoms. The lowest BCUT2D eigenvalue weighted by atomic mass is 9.94. The number of hydrogen-bond acceptors (Lipinski definition) is 2. The van der Waals surface area contributed by atoms with E-state index in [4.69, 9.17) is 0 Å². The predicted octanol–water partition coefficient (Wildman–Crippen LogP) is 3.44. The van der Waals surface area contributed by atoms with Gasteiger partial charge < -0.3 is 0 Å². The second-order valence-electron chi connectivity index (χ2n) is 5.45. The first-order valence-corrected chi connectivity index (χ1v) is 6.97. The Bertz CT molecular complexity index is 407. The van der Waals surface area contributed by atoms with E-state index in [1.54, 1.807) is 0 Å². The van der Waals surface area contributed by atoms with Gasteiger partial charge in [-0.15, -0.1) is 0 Å². The number of carbonyl (C=O) groups is 1. The van der Waals surface area contributed by atoms with Gasteiger partial charge in [-0.2, -0.15) is 0 Å². The van der Waals surface area contributed by atoms with Gasteiger partial charge in [0.15, 0.2) is 5.78 Å². The van der Waals surface area contributed by atoms with E-state index < -0.39 is 0 Å². The molecule has 2 nitrogen and oxygen atoms in total. The van der Waals surface area contributed by atoms with E-state index in [1.165, 1.54) is 32.1 Å². The molecule has 0 heterocycles. The highest BCUT2D eigenvalue weighted by Gasteiger charge is 2.20. The van der Waals surface area contributed by atoms with Crippen molar-refractivity contribution < 1.29 is 4.79 Å². The minimum atomic E-state index is 0.251. The van der Waals surface area contributed by atoms with Gasteiger partial charge in [0.25, 0.3) is 0 Å². The van der Waals surface area contributed by atoms with Crippen LogP contribution in [0.25, 0.3) is 0 Å². The van der Waals surface area contributed by atoms with E-state index in [-0.39, 0.29) is 5.78 Å². The molecule has 0 bridgehead atoms. The van der Waals surface area contributed by atoms with E-state index in [0.717, 1.165) is 11.1 Å². The van der Waals surface area contributed by atoms with Crippen LogP contribution in [0.15, 0.2) is 24.3 Å². The van der Waals surface area contributed by atoms with Crippen molar-refractivity contribution in [2.75, 3.05) is 13.6 Å². The van der Waals surface area contributed by atoms with Gasteiger partial charge in [0.05, 0.1) is 6.54 Å². The number of nitrogens with zero attached hydrogens (tertiary/aromatic N) is 1. The lowest BCUT2D eigenvalue weighted by Gasteiger charge is -2.30. The smallest absolute Gasteiger partial charge is 0.177 e. The zero-order chi connectivity index (χ0) is 13.0. The standard InChI is InChI=1S/C16H23NO/c1-13-8-6-7-11-15(13)16(18)12-17(2)14-9-4-3-5-10-14/h6-8,11,14H,3-5,9-10,12H2,1-2H3. The molecule has 18 heavy (non-hydrogen) atoms. The normalized spacial score (nSPS) is 17.1. The molecule has 1 aliphatic carbocycles. The summed E-state index contributed by atoms with van der Waals surface area (Å²) in [4.78, 5) is 14.5. The van der Waals surface area contributed by atoms with Crippen molar-refractivity contribution in [1.82, 2.24) is 4.90 Å². The van der Waals surface area contributed by atoms with Gasteiger partial charge in [0, 0.05) is 11.6 Å². The Balaban J connectivity index is 1.96. The highest BCUT2D eigenvalue weighted by atomic mass is 16.1. The van der Waals surface area contributed by atoms with Gasteiger partial charge in [-0.05, 0) is 32.4 Å². The van der Waals surface area contributed by atoms with Crippen LogP contribution in [0.5, 0.6) is 0 Å². The van der Waals surface area contributed by atoms with Gasteiger partial charge in [0.2, 0.25) is 0 Å². The molecule has 1 aliphatic rings. The molecule has 0 aliphatic heterocycles. The fourth-order valence-corrected chi connectivity index (χ4v) is 2.85. The van der Waals surface area contributed by atoms with Crippen molar-refractivity contribution in [3.8, 4) is 0 Å². The Morgan fingerprint density at radius 2 is 1.89 bits per heavy atom. The van der Waals surface area contributed by atoms with Gasteiger partial charge in [-0.1, -0.05) is 43.5 Å². The van der Waals surface area contributed by atoms with Crippen LogP contribution in [0.2, 0.25) is 0 Å². The minimum Gasteiger partial charge on any atom is -0.296 e. The predicted molar refractivity (Wildman–Crippen MR) is 75.0 cm³/mol. The summed E-state index contributed by atoms with van der Waals surface area (Å²) in [6, 6.07) is 8.48. The molecule has 0 saturated heterocycles. The molecule has 0 unspecified atom stereocenters. The Kier molecular flexibility index (Phi) is 4.54. The van der Waals surface area contributed by atoms with Gasteiger partial charge in [0.1, 0.15) is 0 Å². The molecule has 1 saturated carbocycles. The highest BCUT2D eigenvalue weighted by molar-refractivity contribution is 5.98. The average Bonchev–Trinajstić information content (AvgIpc) is 2.40. The van der Waals surface area contributed by atoms with Gasteiger partial charge in [-0.25, -0.2) is 0 Å². The van der Waals surface area contributed by atoms with E-state index in [0.29, 0.717) is 12.6 Å². The van der Waals surface area contributed by atoms with E-state index in [2.05, 4.69) is 11.9 Å². The molecular weight excluding hydrogens is 222 g/mol. The van der Waals surface area contributed by atoms with Crippen molar-refractivity contribution in [3.05, 3.63) is 35.4 Å². The second-order valence-corrected chi connectivity index (χ2v) is 5.45. The Labute approximate surface area is 110 Å². The largest absolute Gasteiger partial charge is 0.296 e. The lowest BCUT2D eigenvalue weighted by Crippen LogP contribution is -2.37. The van der Waals surface area contributed by atoms with Gasteiger partial charge in [-0.3, -0.25) is 9.69 Å². The maximum atomic E-state index is 12.3. The Hall–Kier alpha value is -1.15. The number of rotatable bonds is 4. The van der Waals surface area contributed by atoms with E-state index in [1.807, 2.05) is 31.2 Å². The molecule has 2 rings (SSSR count). The molecule has 1 aromatic rings. The topological polar surface area (TPSA) is 20.3 Å².